The average Bonchev–Trinajstić information content (AvgIpc) is 3.28. The number of anilines is 6. The normalized spacial score (nSPS) is 11.4. The molecule has 0 bridgehead atoms. The van der Waals surface area contributed by atoms with Gasteiger partial charge in [-0.2, -0.15) is 0 Å². The fraction of sp³-hybridized carbons (Fsp3) is 0.207. The van der Waals surface area contributed by atoms with E-state index in [2.05, 4.69) is 233 Å². The Hall–Kier alpha value is -6.38. The average molecular weight is 785 g/mol. The molecule has 7 rings (SSSR count). The van der Waals surface area contributed by atoms with Crippen LogP contribution in [0.15, 0.2) is 158 Å². The third kappa shape index (κ3) is 10.6. The molecule has 0 saturated carbocycles. The van der Waals surface area contributed by atoms with E-state index in [-0.39, 0.29) is 0 Å². The number of hydrogen-bond donors (Lipinski definition) is 0. The predicted octanol–water partition coefficient (Wildman–Crippen LogP) is 16.9. The van der Waals surface area contributed by atoms with Crippen molar-refractivity contribution in [1.29, 1.82) is 0 Å². The van der Waals surface area contributed by atoms with Gasteiger partial charge in [0.2, 0.25) is 0 Å². The monoisotopic (exact) mass is 784 g/mol. The van der Waals surface area contributed by atoms with Gasteiger partial charge in [-0.3, -0.25) is 0 Å². The molecule has 7 aromatic rings. The van der Waals surface area contributed by atoms with Gasteiger partial charge in [0.15, 0.2) is 0 Å². The van der Waals surface area contributed by atoms with E-state index in [0.29, 0.717) is 0 Å². The molecule has 0 heterocycles. The molecule has 2 heteroatoms. The first-order valence-corrected chi connectivity index (χ1v) is 21.9. The second-order valence-electron chi connectivity index (χ2n) is 16.3. The second kappa shape index (κ2) is 20.1. The van der Waals surface area contributed by atoms with Gasteiger partial charge in [-0.1, -0.05) is 142 Å². The van der Waals surface area contributed by atoms with Gasteiger partial charge in [-0.15, -0.1) is 0 Å². The van der Waals surface area contributed by atoms with E-state index in [4.69, 9.17) is 0 Å². The minimum atomic E-state index is 1.10. The van der Waals surface area contributed by atoms with Crippen molar-refractivity contribution >= 4 is 58.4 Å². The first kappa shape index (κ1) is 41.8. The maximum Gasteiger partial charge on any atom is 0.0482 e. The highest BCUT2D eigenvalue weighted by atomic mass is 15.2. The van der Waals surface area contributed by atoms with Gasteiger partial charge in [0.05, 0.1) is 0 Å². The molecule has 0 saturated heterocycles. The molecule has 0 N–H and O–H groups in total. The van der Waals surface area contributed by atoms with Gasteiger partial charge in [0.25, 0.3) is 0 Å². The molecule has 7 aromatic carbocycles. The number of rotatable bonds is 16. The van der Waals surface area contributed by atoms with Crippen molar-refractivity contribution in [3.8, 4) is 0 Å². The lowest BCUT2D eigenvalue weighted by Gasteiger charge is -2.29. The lowest BCUT2D eigenvalue weighted by molar-refractivity contribution is 0.795. The van der Waals surface area contributed by atoms with Gasteiger partial charge in [-0.25, -0.2) is 0 Å². The molecule has 0 aliphatic rings. The van der Waals surface area contributed by atoms with Crippen molar-refractivity contribution < 1.29 is 0 Å². The fourth-order valence-corrected chi connectivity index (χ4v) is 7.64. The van der Waals surface area contributed by atoms with E-state index in [9.17, 15) is 0 Å². The zero-order chi connectivity index (χ0) is 41.8. The van der Waals surface area contributed by atoms with Crippen LogP contribution in [0.3, 0.4) is 0 Å². The summed E-state index contributed by atoms with van der Waals surface area (Å²) < 4.78 is 0. The summed E-state index contributed by atoms with van der Waals surface area (Å²) in [5.41, 5.74) is 19.5. The zero-order valence-electron chi connectivity index (χ0n) is 36.5. The van der Waals surface area contributed by atoms with Crippen molar-refractivity contribution in [2.75, 3.05) is 9.80 Å². The Morgan fingerprint density at radius 1 is 0.333 bits per heavy atom. The molecular weight excluding hydrogens is 725 g/mol. The Labute approximate surface area is 360 Å². The van der Waals surface area contributed by atoms with E-state index in [1.807, 2.05) is 0 Å². The third-order valence-electron chi connectivity index (χ3n) is 11.7. The Morgan fingerprint density at radius 2 is 0.667 bits per heavy atom. The summed E-state index contributed by atoms with van der Waals surface area (Å²) in [6, 6.07) is 58.4. The summed E-state index contributed by atoms with van der Waals surface area (Å²) in [4.78, 5) is 4.77. The molecule has 0 aliphatic carbocycles. The van der Waals surface area contributed by atoms with Crippen LogP contribution in [-0.2, 0) is 12.8 Å². The molecule has 0 atom stereocenters. The quantitative estimate of drug-likeness (QED) is 0.0901. The van der Waals surface area contributed by atoms with Gasteiger partial charge in [-0.05, 0) is 176 Å². The highest BCUT2D eigenvalue weighted by Gasteiger charge is 2.18. The number of unbranched alkanes of at least 4 members (excludes halogenated alkanes) is 2. The van der Waals surface area contributed by atoms with Gasteiger partial charge in [0, 0.05) is 34.1 Å². The van der Waals surface area contributed by atoms with Crippen LogP contribution in [0.5, 0.6) is 0 Å². The first-order chi connectivity index (χ1) is 29.3. The Kier molecular flexibility index (Phi) is 14.0. The smallest absolute Gasteiger partial charge is 0.0482 e. The molecule has 0 aliphatic heterocycles. The highest BCUT2D eigenvalue weighted by Crippen LogP contribution is 2.41. The predicted molar refractivity (Wildman–Crippen MR) is 263 cm³/mol. The maximum absolute atomic E-state index is 2.39. The SMILES string of the molecule is CCCCc1ccc(N(c2ccc(/C=C/c3ccc(C)c(C)c3)cc2)c2cccc(N(c3ccc(/C=C/c4ccc(C)c(C)c4)cc3)c3ccc(CCCC)cc3)c2)cc1. The minimum Gasteiger partial charge on any atom is -0.310 e. The largest absolute Gasteiger partial charge is 0.310 e. The van der Waals surface area contributed by atoms with Gasteiger partial charge in [0.1, 0.15) is 0 Å². The topological polar surface area (TPSA) is 6.48 Å². The van der Waals surface area contributed by atoms with Gasteiger partial charge < -0.3 is 9.80 Å². The van der Waals surface area contributed by atoms with Crippen LogP contribution >= 0.6 is 0 Å². The Balaban J connectivity index is 1.25. The molecular formula is C58H60N2. The number of nitrogens with zero attached hydrogens (tertiary/aromatic N) is 2. The van der Waals surface area contributed by atoms with Crippen molar-refractivity contribution in [2.45, 2.75) is 80.1 Å². The molecule has 60 heavy (non-hydrogen) atoms. The van der Waals surface area contributed by atoms with Crippen LogP contribution < -0.4 is 9.80 Å². The van der Waals surface area contributed by atoms with E-state index in [0.717, 1.165) is 47.0 Å². The molecule has 0 radical (unpaired) electrons. The van der Waals surface area contributed by atoms with Crippen LogP contribution in [0.1, 0.15) is 95.2 Å². The summed E-state index contributed by atoms with van der Waals surface area (Å²) in [5.74, 6) is 0. The van der Waals surface area contributed by atoms with Crippen LogP contribution in [0.25, 0.3) is 24.3 Å². The first-order valence-electron chi connectivity index (χ1n) is 21.9. The van der Waals surface area contributed by atoms with Gasteiger partial charge >= 0.3 is 0 Å². The summed E-state index contributed by atoms with van der Waals surface area (Å²) in [6.45, 7) is 13.2. The minimum absolute atomic E-state index is 1.10. The number of hydrogen-bond acceptors (Lipinski definition) is 2. The van der Waals surface area contributed by atoms with Crippen LogP contribution in [-0.4, -0.2) is 0 Å². The molecule has 0 unspecified atom stereocenters. The summed E-state index contributed by atoms with van der Waals surface area (Å²) in [6.07, 6.45) is 15.8. The maximum atomic E-state index is 2.39. The lowest BCUT2D eigenvalue weighted by Crippen LogP contribution is -2.13. The van der Waals surface area contributed by atoms with Crippen molar-refractivity contribution in [1.82, 2.24) is 0 Å². The number of benzene rings is 7. The molecule has 0 fully saturated rings. The van der Waals surface area contributed by atoms with Crippen LogP contribution in [0, 0.1) is 27.7 Å². The molecule has 0 amide bonds. The zero-order valence-corrected chi connectivity index (χ0v) is 36.5. The highest BCUT2D eigenvalue weighted by molar-refractivity contribution is 5.84. The fourth-order valence-electron chi connectivity index (χ4n) is 7.64. The lowest BCUT2D eigenvalue weighted by atomic mass is 10.0. The molecule has 0 spiro atoms. The van der Waals surface area contributed by atoms with E-state index >= 15 is 0 Å². The summed E-state index contributed by atoms with van der Waals surface area (Å²) in [5, 5.41) is 0. The third-order valence-corrected chi connectivity index (χ3v) is 11.7. The van der Waals surface area contributed by atoms with Crippen LogP contribution in [0.2, 0.25) is 0 Å². The standard InChI is InChI=1S/C58H60N2/c1-7-9-12-47-24-32-53(33-25-47)59(55-36-28-49(29-37-55)20-22-51-18-16-43(3)45(5)40-51)57-14-11-15-58(42-57)60(54-34-26-48(27-35-54)13-10-8-2)56-38-30-50(31-39-56)21-23-52-19-17-44(4)46(6)41-52/h11,14-42H,7-10,12-13H2,1-6H3/b22-20+,23-21+. The summed E-state index contributed by atoms with van der Waals surface area (Å²) in [7, 11) is 0. The Bertz CT molecular complexity index is 2350. The summed E-state index contributed by atoms with van der Waals surface area (Å²) >= 11 is 0. The van der Waals surface area contributed by atoms with E-state index < -0.39 is 0 Å². The van der Waals surface area contributed by atoms with Crippen molar-refractivity contribution in [2.24, 2.45) is 0 Å². The number of aryl methyl sites for hydroxylation is 6. The van der Waals surface area contributed by atoms with Crippen molar-refractivity contribution in [3.05, 3.63) is 213 Å². The molecule has 0 aromatic heterocycles. The van der Waals surface area contributed by atoms with E-state index in [1.165, 1.54) is 81.3 Å². The Morgan fingerprint density at radius 3 is 1.02 bits per heavy atom. The molecule has 302 valence electrons. The van der Waals surface area contributed by atoms with Crippen molar-refractivity contribution in [3.63, 3.8) is 0 Å². The second-order valence-corrected chi connectivity index (χ2v) is 16.3. The molecule has 2 nitrogen and oxygen atoms in total. The van der Waals surface area contributed by atoms with Crippen LogP contribution in [0.4, 0.5) is 34.1 Å². The van der Waals surface area contributed by atoms with E-state index in [1.54, 1.807) is 0 Å².